The third-order valence-corrected chi connectivity index (χ3v) is 2.76. The van der Waals surface area contributed by atoms with Crippen molar-refractivity contribution < 1.29 is 9.66 Å². The highest BCUT2D eigenvalue weighted by Gasteiger charge is 2.14. The lowest BCUT2D eigenvalue weighted by Crippen LogP contribution is -1.92. The zero-order chi connectivity index (χ0) is 12.3. The Bertz CT molecular complexity index is 557. The molecule has 86 valence electrons. The van der Waals surface area contributed by atoms with Gasteiger partial charge in [0, 0.05) is 9.64 Å². The van der Waals surface area contributed by atoms with Gasteiger partial charge in [0.1, 0.15) is 5.75 Å². The van der Waals surface area contributed by atoms with E-state index >= 15 is 0 Å². The average molecular weight is 341 g/mol. The molecule has 0 atom stereocenters. The van der Waals surface area contributed by atoms with E-state index in [0.29, 0.717) is 5.75 Å². The first-order valence-electron chi connectivity index (χ1n) is 4.83. The SMILES string of the molecule is O=[N+]([O-])c1ccccc1Oc1cccc(I)c1. The third-order valence-electron chi connectivity index (χ3n) is 2.09. The van der Waals surface area contributed by atoms with E-state index in [2.05, 4.69) is 22.6 Å². The van der Waals surface area contributed by atoms with E-state index in [1.54, 1.807) is 24.3 Å². The van der Waals surface area contributed by atoms with E-state index in [1.807, 2.05) is 18.2 Å². The molecule has 5 heteroatoms. The lowest BCUT2D eigenvalue weighted by atomic mass is 10.3. The maximum absolute atomic E-state index is 10.8. The first-order chi connectivity index (χ1) is 8.16. The van der Waals surface area contributed by atoms with Crippen LogP contribution < -0.4 is 4.74 Å². The molecule has 0 N–H and O–H groups in total. The smallest absolute Gasteiger partial charge is 0.311 e. The molecule has 0 aliphatic carbocycles. The van der Waals surface area contributed by atoms with Crippen LogP contribution in [0.3, 0.4) is 0 Å². The minimum Gasteiger partial charge on any atom is -0.450 e. The van der Waals surface area contributed by atoms with Crippen molar-refractivity contribution in [3.05, 3.63) is 62.2 Å². The third kappa shape index (κ3) is 2.94. The zero-order valence-electron chi connectivity index (χ0n) is 8.67. The predicted octanol–water partition coefficient (Wildman–Crippen LogP) is 3.99. The molecule has 0 saturated carbocycles. The van der Waals surface area contributed by atoms with E-state index in [9.17, 15) is 10.1 Å². The molecule has 0 aromatic heterocycles. The first-order valence-corrected chi connectivity index (χ1v) is 5.91. The number of nitrogens with zero attached hydrogens (tertiary/aromatic N) is 1. The monoisotopic (exact) mass is 341 g/mol. The molecule has 4 nitrogen and oxygen atoms in total. The van der Waals surface area contributed by atoms with Gasteiger partial charge in [-0.1, -0.05) is 18.2 Å². The fourth-order valence-corrected chi connectivity index (χ4v) is 1.87. The number of nitro groups is 1. The summed E-state index contributed by atoms with van der Waals surface area (Å²) in [6.07, 6.45) is 0. The molecule has 0 spiro atoms. The Morgan fingerprint density at radius 2 is 1.88 bits per heavy atom. The van der Waals surface area contributed by atoms with Crippen molar-refractivity contribution in [3.63, 3.8) is 0 Å². The summed E-state index contributed by atoms with van der Waals surface area (Å²) in [5, 5.41) is 10.8. The maximum atomic E-state index is 10.8. The highest BCUT2D eigenvalue weighted by Crippen LogP contribution is 2.31. The van der Waals surface area contributed by atoms with Crippen LogP contribution in [0.2, 0.25) is 0 Å². The molecular weight excluding hydrogens is 333 g/mol. The van der Waals surface area contributed by atoms with Crippen molar-refractivity contribution in [2.24, 2.45) is 0 Å². The number of nitro benzene ring substituents is 1. The second kappa shape index (κ2) is 5.13. The molecule has 0 aliphatic rings. The topological polar surface area (TPSA) is 52.4 Å². The summed E-state index contributed by atoms with van der Waals surface area (Å²) >= 11 is 2.16. The second-order valence-electron chi connectivity index (χ2n) is 3.28. The maximum Gasteiger partial charge on any atom is 0.311 e. The van der Waals surface area contributed by atoms with Crippen LogP contribution in [0.1, 0.15) is 0 Å². The molecule has 2 aromatic rings. The van der Waals surface area contributed by atoms with Crippen molar-refractivity contribution in [3.8, 4) is 11.5 Å². The molecule has 2 rings (SSSR count). The second-order valence-corrected chi connectivity index (χ2v) is 4.53. The van der Waals surface area contributed by atoms with Gasteiger partial charge in [-0.15, -0.1) is 0 Å². The summed E-state index contributed by atoms with van der Waals surface area (Å²) in [6, 6.07) is 13.7. The number of rotatable bonds is 3. The summed E-state index contributed by atoms with van der Waals surface area (Å²) in [5.41, 5.74) is -0.0358. The molecule has 0 fully saturated rings. The summed E-state index contributed by atoms with van der Waals surface area (Å²) in [6.45, 7) is 0. The fraction of sp³-hybridized carbons (Fsp3) is 0. The first kappa shape index (κ1) is 11.8. The van der Waals surface area contributed by atoms with Gasteiger partial charge in [-0.05, 0) is 46.9 Å². The van der Waals surface area contributed by atoms with Crippen molar-refractivity contribution >= 4 is 28.3 Å². The van der Waals surface area contributed by atoms with Crippen LogP contribution in [0.4, 0.5) is 5.69 Å². The number of ether oxygens (including phenoxy) is 1. The largest absolute Gasteiger partial charge is 0.450 e. The summed E-state index contributed by atoms with van der Waals surface area (Å²) in [4.78, 5) is 10.3. The molecule has 0 bridgehead atoms. The Morgan fingerprint density at radius 1 is 1.12 bits per heavy atom. The van der Waals surface area contributed by atoms with Gasteiger partial charge < -0.3 is 4.74 Å². The molecule has 0 unspecified atom stereocenters. The molecule has 0 saturated heterocycles. The van der Waals surface area contributed by atoms with Crippen LogP contribution in [-0.2, 0) is 0 Å². The average Bonchev–Trinajstić information content (AvgIpc) is 2.29. The van der Waals surface area contributed by atoms with Crippen LogP contribution in [-0.4, -0.2) is 4.92 Å². The van der Waals surface area contributed by atoms with Crippen LogP contribution in [0, 0.1) is 13.7 Å². The van der Waals surface area contributed by atoms with Gasteiger partial charge in [-0.25, -0.2) is 0 Å². The minimum atomic E-state index is -0.455. The lowest BCUT2D eigenvalue weighted by Gasteiger charge is -2.06. The summed E-state index contributed by atoms with van der Waals surface area (Å²) in [7, 11) is 0. The van der Waals surface area contributed by atoms with Gasteiger partial charge in [0.15, 0.2) is 0 Å². The standard InChI is InChI=1S/C12H8INO3/c13-9-4-3-5-10(8-9)17-12-7-2-1-6-11(12)14(15)16/h1-8H. The Labute approximate surface area is 112 Å². The van der Waals surface area contributed by atoms with E-state index in [4.69, 9.17) is 4.74 Å². The van der Waals surface area contributed by atoms with Gasteiger partial charge in [0.25, 0.3) is 0 Å². The molecule has 0 aliphatic heterocycles. The molecule has 0 heterocycles. The van der Waals surface area contributed by atoms with E-state index in [-0.39, 0.29) is 11.4 Å². The Hall–Kier alpha value is -1.63. The molecule has 17 heavy (non-hydrogen) atoms. The van der Waals surface area contributed by atoms with Gasteiger partial charge in [0.05, 0.1) is 4.92 Å². The number of hydrogen-bond acceptors (Lipinski definition) is 3. The Kier molecular flexibility index (Phi) is 3.58. The van der Waals surface area contributed by atoms with Crippen molar-refractivity contribution in [1.29, 1.82) is 0 Å². The highest BCUT2D eigenvalue weighted by molar-refractivity contribution is 14.1. The molecular formula is C12H8INO3. The van der Waals surface area contributed by atoms with Gasteiger partial charge in [-0.3, -0.25) is 10.1 Å². The van der Waals surface area contributed by atoms with Crippen LogP contribution >= 0.6 is 22.6 Å². The summed E-state index contributed by atoms with van der Waals surface area (Å²) in [5.74, 6) is 0.839. The quantitative estimate of drug-likeness (QED) is 0.482. The van der Waals surface area contributed by atoms with E-state index in [1.165, 1.54) is 6.07 Å². The predicted molar refractivity (Wildman–Crippen MR) is 72.3 cm³/mol. The van der Waals surface area contributed by atoms with Gasteiger partial charge in [0.2, 0.25) is 5.75 Å². The van der Waals surface area contributed by atoms with E-state index in [0.717, 1.165) is 3.57 Å². The van der Waals surface area contributed by atoms with Crippen LogP contribution in [0.5, 0.6) is 11.5 Å². The lowest BCUT2D eigenvalue weighted by molar-refractivity contribution is -0.385. The minimum absolute atomic E-state index is 0.0358. The van der Waals surface area contributed by atoms with Crippen molar-refractivity contribution in [1.82, 2.24) is 0 Å². The molecule has 0 radical (unpaired) electrons. The van der Waals surface area contributed by atoms with Crippen molar-refractivity contribution in [2.45, 2.75) is 0 Å². The Balaban J connectivity index is 2.33. The number of halogens is 1. The van der Waals surface area contributed by atoms with Gasteiger partial charge in [-0.2, -0.15) is 0 Å². The molecule has 2 aromatic carbocycles. The fourth-order valence-electron chi connectivity index (χ4n) is 1.35. The van der Waals surface area contributed by atoms with Crippen LogP contribution in [0.25, 0.3) is 0 Å². The summed E-state index contributed by atoms with van der Waals surface area (Å²) < 4.78 is 6.52. The number of para-hydroxylation sites is 2. The normalized spacial score (nSPS) is 9.94. The molecule has 0 amide bonds. The Morgan fingerprint density at radius 3 is 2.59 bits per heavy atom. The number of hydrogen-bond donors (Lipinski definition) is 0. The van der Waals surface area contributed by atoms with Gasteiger partial charge >= 0.3 is 5.69 Å². The zero-order valence-corrected chi connectivity index (χ0v) is 10.8. The van der Waals surface area contributed by atoms with Crippen LogP contribution in [0.15, 0.2) is 48.5 Å². The highest BCUT2D eigenvalue weighted by atomic mass is 127. The number of benzene rings is 2. The van der Waals surface area contributed by atoms with Crippen molar-refractivity contribution in [2.75, 3.05) is 0 Å². The van der Waals surface area contributed by atoms with E-state index < -0.39 is 4.92 Å².